The van der Waals surface area contributed by atoms with E-state index in [4.69, 9.17) is 4.74 Å². The molecule has 0 amide bonds. The van der Waals surface area contributed by atoms with Gasteiger partial charge in [-0.15, -0.1) is 0 Å². The van der Waals surface area contributed by atoms with Crippen LogP contribution in [0, 0.1) is 0 Å². The first-order valence-corrected chi connectivity index (χ1v) is 5.49. The van der Waals surface area contributed by atoms with Crippen molar-refractivity contribution in [3.63, 3.8) is 0 Å². The van der Waals surface area contributed by atoms with Crippen LogP contribution in [0.2, 0.25) is 0 Å². The van der Waals surface area contributed by atoms with Gasteiger partial charge in [-0.1, -0.05) is 32.0 Å². The van der Waals surface area contributed by atoms with Crippen LogP contribution in [-0.4, -0.2) is 6.61 Å². The molecule has 1 aliphatic heterocycles. The maximum absolute atomic E-state index is 5.87. The second-order valence-electron chi connectivity index (χ2n) is 4.95. The van der Waals surface area contributed by atoms with Gasteiger partial charge in [-0.3, -0.25) is 0 Å². The molecule has 0 atom stereocenters. The van der Waals surface area contributed by atoms with Gasteiger partial charge < -0.3 is 4.74 Å². The Morgan fingerprint density at radius 1 is 1.29 bits per heavy atom. The second-order valence-corrected chi connectivity index (χ2v) is 4.95. The minimum Gasteiger partial charge on any atom is -0.492 e. The van der Waals surface area contributed by atoms with Crippen molar-refractivity contribution in [2.75, 3.05) is 6.61 Å². The van der Waals surface area contributed by atoms with E-state index in [-0.39, 0.29) is 0 Å². The van der Waals surface area contributed by atoms with E-state index in [0.29, 0.717) is 11.3 Å². The molecule has 14 heavy (non-hydrogen) atoms. The molecule has 1 heteroatoms. The first-order chi connectivity index (χ1) is 6.73. The fourth-order valence-electron chi connectivity index (χ4n) is 2.44. The third-order valence-corrected chi connectivity index (χ3v) is 3.59. The van der Waals surface area contributed by atoms with Gasteiger partial charge in [-0.05, 0) is 24.3 Å². The summed E-state index contributed by atoms with van der Waals surface area (Å²) < 4.78 is 5.87. The predicted octanol–water partition coefficient (Wildman–Crippen LogP) is 3.23. The minimum absolute atomic E-state index is 0.431. The SMILES string of the molecule is CC(C)c1cccc2c1OCC21CC1. The third-order valence-electron chi connectivity index (χ3n) is 3.59. The summed E-state index contributed by atoms with van der Waals surface area (Å²) in [5.74, 6) is 1.76. The Kier molecular flexibility index (Phi) is 1.51. The average molecular weight is 188 g/mol. The van der Waals surface area contributed by atoms with Gasteiger partial charge in [0.2, 0.25) is 0 Å². The van der Waals surface area contributed by atoms with Gasteiger partial charge in [-0.2, -0.15) is 0 Å². The molecule has 0 bridgehead atoms. The van der Waals surface area contributed by atoms with Crippen molar-refractivity contribution in [1.29, 1.82) is 0 Å². The van der Waals surface area contributed by atoms with E-state index in [1.165, 1.54) is 29.7 Å². The standard InChI is InChI=1S/C13H16O/c1-9(2)10-4-3-5-11-12(10)14-8-13(11)6-7-13/h3-5,9H,6-8H2,1-2H3. The third kappa shape index (κ3) is 0.956. The highest BCUT2D eigenvalue weighted by Gasteiger charge is 2.51. The van der Waals surface area contributed by atoms with Crippen LogP contribution < -0.4 is 4.74 Å². The fourth-order valence-corrected chi connectivity index (χ4v) is 2.44. The zero-order valence-electron chi connectivity index (χ0n) is 8.84. The highest BCUT2D eigenvalue weighted by molar-refractivity contribution is 5.52. The Balaban J connectivity index is 2.15. The molecule has 1 aromatic rings. The van der Waals surface area contributed by atoms with Crippen molar-refractivity contribution in [2.24, 2.45) is 0 Å². The van der Waals surface area contributed by atoms with Crippen LogP contribution in [0.3, 0.4) is 0 Å². The van der Waals surface area contributed by atoms with E-state index >= 15 is 0 Å². The van der Waals surface area contributed by atoms with Gasteiger partial charge >= 0.3 is 0 Å². The van der Waals surface area contributed by atoms with Crippen LogP contribution in [0.4, 0.5) is 0 Å². The zero-order chi connectivity index (χ0) is 9.76. The molecule has 1 heterocycles. The molecule has 0 saturated heterocycles. The summed E-state index contributed by atoms with van der Waals surface area (Å²) in [6.45, 7) is 5.39. The number of para-hydroxylation sites is 1. The maximum atomic E-state index is 5.87. The molecule has 0 aromatic heterocycles. The lowest BCUT2D eigenvalue weighted by Gasteiger charge is -2.10. The van der Waals surface area contributed by atoms with Gasteiger partial charge in [0, 0.05) is 11.0 Å². The van der Waals surface area contributed by atoms with E-state index in [1.54, 1.807) is 0 Å². The van der Waals surface area contributed by atoms with E-state index in [2.05, 4.69) is 32.0 Å². The summed E-state index contributed by atoms with van der Waals surface area (Å²) in [5, 5.41) is 0. The number of ether oxygens (including phenoxy) is 1. The topological polar surface area (TPSA) is 9.23 Å². The minimum atomic E-state index is 0.431. The molecule has 1 spiro atoms. The maximum Gasteiger partial charge on any atom is 0.126 e. The summed E-state index contributed by atoms with van der Waals surface area (Å²) in [7, 11) is 0. The van der Waals surface area contributed by atoms with Crippen molar-refractivity contribution >= 4 is 0 Å². The van der Waals surface area contributed by atoms with Crippen molar-refractivity contribution in [2.45, 2.75) is 38.0 Å². The lowest BCUT2D eigenvalue weighted by molar-refractivity contribution is 0.320. The number of fused-ring (bicyclic) bond motifs is 2. The van der Waals surface area contributed by atoms with Crippen LogP contribution in [0.1, 0.15) is 43.7 Å². The molecule has 1 fully saturated rings. The van der Waals surface area contributed by atoms with Crippen LogP contribution >= 0.6 is 0 Å². The molecule has 1 aliphatic carbocycles. The number of rotatable bonds is 1. The Bertz CT molecular complexity index is 375. The van der Waals surface area contributed by atoms with Crippen LogP contribution in [0.5, 0.6) is 5.75 Å². The number of hydrogen-bond donors (Lipinski definition) is 0. The van der Waals surface area contributed by atoms with Crippen molar-refractivity contribution in [1.82, 2.24) is 0 Å². The van der Waals surface area contributed by atoms with E-state index in [9.17, 15) is 0 Å². The lowest BCUT2D eigenvalue weighted by Crippen LogP contribution is -2.06. The second kappa shape index (κ2) is 2.53. The Labute approximate surface area is 85.1 Å². The van der Waals surface area contributed by atoms with Crippen molar-refractivity contribution in [3.8, 4) is 5.75 Å². The molecular weight excluding hydrogens is 172 g/mol. The zero-order valence-corrected chi connectivity index (χ0v) is 8.84. The molecule has 0 radical (unpaired) electrons. The summed E-state index contributed by atoms with van der Waals surface area (Å²) in [6, 6.07) is 6.63. The quantitative estimate of drug-likeness (QED) is 0.657. The molecule has 1 saturated carbocycles. The van der Waals surface area contributed by atoms with Crippen LogP contribution in [-0.2, 0) is 5.41 Å². The smallest absolute Gasteiger partial charge is 0.126 e. The molecule has 2 aliphatic rings. The van der Waals surface area contributed by atoms with Crippen molar-refractivity contribution in [3.05, 3.63) is 29.3 Å². The van der Waals surface area contributed by atoms with Gasteiger partial charge in [0.05, 0.1) is 6.61 Å². The van der Waals surface area contributed by atoms with E-state index in [0.717, 1.165) is 6.61 Å². The Morgan fingerprint density at radius 2 is 2.07 bits per heavy atom. The Morgan fingerprint density at radius 3 is 2.71 bits per heavy atom. The molecule has 74 valence electrons. The largest absolute Gasteiger partial charge is 0.492 e. The summed E-state index contributed by atoms with van der Waals surface area (Å²) >= 11 is 0. The average Bonchev–Trinajstić information content (AvgIpc) is 2.85. The van der Waals surface area contributed by atoms with Gasteiger partial charge in [0.25, 0.3) is 0 Å². The molecule has 1 aromatic carbocycles. The van der Waals surface area contributed by atoms with E-state index in [1.807, 2.05) is 0 Å². The van der Waals surface area contributed by atoms with Gasteiger partial charge in [-0.25, -0.2) is 0 Å². The van der Waals surface area contributed by atoms with Gasteiger partial charge in [0.1, 0.15) is 5.75 Å². The molecule has 1 nitrogen and oxygen atoms in total. The summed E-state index contributed by atoms with van der Waals surface area (Å²) in [4.78, 5) is 0. The highest BCUT2D eigenvalue weighted by Crippen LogP contribution is 2.56. The number of hydrogen-bond acceptors (Lipinski definition) is 1. The Hall–Kier alpha value is -0.980. The lowest BCUT2D eigenvalue weighted by atomic mass is 9.93. The molecule has 0 N–H and O–H groups in total. The normalized spacial score (nSPS) is 21.1. The molecule has 3 rings (SSSR count). The number of benzene rings is 1. The monoisotopic (exact) mass is 188 g/mol. The molecule has 0 unspecified atom stereocenters. The predicted molar refractivity (Wildman–Crippen MR) is 56.9 cm³/mol. The summed E-state index contributed by atoms with van der Waals surface area (Å²) in [6.07, 6.45) is 2.64. The van der Waals surface area contributed by atoms with Crippen molar-refractivity contribution < 1.29 is 4.74 Å². The van der Waals surface area contributed by atoms with Crippen LogP contribution in [0.25, 0.3) is 0 Å². The van der Waals surface area contributed by atoms with Gasteiger partial charge in [0.15, 0.2) is 0 Å². The fraction of sp³-hybridized carbons (Fsp3) is 0.538. The first kappa shape index (κ1) is 8.34. The first-order valence-electron chi connectivity index (χ1n) is 5.49. The molecular formula is C13H16O. The van der Waals surface area contributed by atoms with Crippen LogP contribution in [0.15, 0.2) is 18.2 Å². The van der Waals surface area contributed by atoms with E-state index < -0.39 is 0 Å². The highest BCUT2D eigenvalue weighted by atomic mass is 16.5. The summed E-state index contributed by atoms with van der Waals surface area (Å²) in [5.41, 5.74) is 3.29.